The molecule has 1 aliphatic heterocycles. The molecule has 0 aliphatic carbocycles. The Morgan fingerprint density at radius 2 is 1.56 bits per heavy atom. The van der Waals surface area contributed by atoms with Crippen LogP contribution >= 0.6 is 11.6 Å². The Morgan fingerprint density at radius 1 is 0.875 bits per heavy atom. The lowest BCUT2D eigenvalue weighted by Crippen LogP contribution is -2.49. The number of para-hydroxylation sites is 2. The number of carbonyl (C=O) groups excluding carboxylic acids is 1. The lowest BCUT2D eigenvalue weighted by Gasteiger charge is -2.36. The van der Waals surface area contributed by atoms with E-state index in [-0.39, 0.29) is 11.7 Å². The number of carbonyl (C=O) groups is 1. The second-order valence-corrected chi connectivity index (χ2v) is 8.22. The molecule has 0 saturated carbocycles. The van der Waals surface area contributed by atoms with E-state index in [2.05, 4.69) is 4.90 Å². The molecule has 0 unspecified atom stereocenters. The lowest BCUT2D eigenvalue weighted by atomic mass is 10.0. The van der Waals surface area contributed by atoms with E-state index < -0.39 is 0 Å². The van der Waals surface area contributed by atoms with Crippen LogP contribution in [0.3, 0.4) is 0 Å². The Kier molecular flexibility index (Phi) is 5.50. The summed E-state index contributed by atoms with van der Waals surface area (Å²) in [6.07, 6.45) is 0. The Labute approximate surface area is 190 Å². The molecule has 4 aromatic rings. The second-order valence-electron chi connectivity index (χ2n) is 7.81. The standard InChI is InChI=1S/C26H21ClFN3O/c27-22-6-2-4-8-25(22)30-13-15-31(16-14-30)26(32)21-17-24(18-9-11-19(28)12-10-18)29-23-7-3-1-5-20(21)23/h1-12,17H,13-16H2. The van der Waals surface area contributed by atoms with Crippen LogP contribution in [-0.2, 0) is 0 Å². The summed E-state index contributed by atoms with van der Waals surface area (Å²) in [5, 5.41) is 1.54. The van der Waals surface area contributed by atoms with Gasteiger partial charge in [0, 0.05) is 37.1 Å². The topological polar surface area (TPSA) is 36.4 Å². The summed E-state index contributed by atoms with van der Waals surface area (Å²) in [6.45, 7) is 2.63. The van der Waals surface area contributed by atoms with Crippen molar-refractivity contribution in [2.75, 3.05) is 31.1 Å². The number of anilines is 1. The van der Waals surface area contributed by atoms with E-state index in [0.717, 1.165) is 27.2 Å². The molecule has 32 heavy (non-hydrogen) atoms. The fourth-order valence-electron chi connectivity index (χ4n) is 4.15. The van der Waals surface area contributed by atoms with Crippen molar-refractivity contribution in [3.63, 3.8) is 0 Å². The van der Waals surface area contributed by atoms with Crippen LogP contribution in [0.2, 0.25) is 5.02 Å². The van der Waals surface area contributed by atoms with E-state index in [4.69, 9.17) is 16.6 Å². The fourth-order valence-corrected chi connectivity index (χ4v) is 4.41. The first-order valence-corrected chi connectivity index (χ1v) is 10.9. The minimum atomic E-state index is -0.303. The third-order valence-electron chi connectivity index (χ3n) is 5.85. The molecule has 0 bridgehead atoms. The van der Waals surface area contributed by atoms with Gasteiger partial charge in [-0.05, 0) is 48.5 Å². The zero-order valence-corrected chi connectivity index (χ0v) is 18.1. The van der Waals surface area contributed by atoms with Crippen molar-refractivity contribution >= 4 is 34.1 Å². The number of benzene rings is 3. The predicted molar refractivity (Wildman–Crippen MR) is 127 cm³/mol. The van der Waals surface area contributed by atoms with E-state index in [0.29, 0.717) is 37.4 Å². The van der Waals surface area contributed by atoms with Gasteiger partial charge in [-0.1, -0.05) is 41.9 Å². The van der Waals surface area contributed by atoms with Gasteiger partial charge in [0.05, 0.1) is 27.5 Å². The van der Waals surface area contributed by atoms with Crippen molar-refractivity contribution in [1.29, 1.82) is 0 Å². The molecule has 1 fully saturated rings. The molecule has 2 heterocycles. The summed E-state index contributed by atoms with van der Waals surface area (Å²) >= 11 is 6.35. The van der Waals surface area contributed by atoms with Gasteiger partial charge in [-0.3, -0.25) is 4.79 Å². The second kappa shape index (κ2) is 8.60. The molecular formula is C26H21ClFN3O. The summed E-state index contributed by atoms with van der Waals surface area (Å²) in [4.78, 5) is 22.4. The van der Waals surface area contributed by atoms with Crippen molar-refractivity contribution < 1.29 is 9.18 Å². The molecule has 1 saturated heterocycles. The van der Waals surface area contributed by atoms with Crippen LogP contribution in [0.25, 0.3) is 22.2 Å². The predicted octanol–water partition coefficient (Wildman–Crippen LogP) is 5.66. The lowest BCUT2D eigenvalue weighted by molar-refractivity contribution is 0.0748. The van der Waals surface area contributed by atoms with Crippen molar-refractivity contribution in [1.82, 2.24) is 9.88 Å². The van der Waals surface area contributed by atoms with Crippen LogP contribution in [-0.4, -0.2) is 42.0 Å². The largest absolute Gasteiger partial charge is 0.367 e. The summed E-state index contributed by atoms with van der Waals surface area (Å²) in [5.41, 5.74) is 3.78. The molecule has 1 aliphatic rings. The first-order chi connectivity index (χ1) is 15.6. The van der Waals surface area contributed by atoms with Gasteiger partial charge in [0.2, 0.25) is 0 Å². The Hall–Kier alpha value is -3.44. The number of fused-ring (bicyclic) bond motifs is 1. The molecule has 4 nitrogen and oxygen atoms in total. The maximum Gasteiger partial charge on any atom is 0.254 e. The van der Waals surface area contributed by atoms with Crippen molar-refractivity contribution in [2.45, 2.75) is 0 Å². The van der Waals surface area contributed by atoms with Gasteiger partial charge >= 0.3 is 0 Å². The summed E-state index contributed by atoms with van der Waals surface area (Å²) in [7, 11) is 0. The van der Waals surface area contributed by atoms with Crippen LogP contribution in [0.15, 0.2) is 78.9 Å². The summed E-state index contributed by atoms with van der Waals surface area (Å²) in [6, 6.07) is 23.4. The smallest absolute Gasteiger partial charge is 0.254 e. The van der Waals surface area contributed by atoms with Gasteiger partial charge in [-0.15, -0.1) is 0 Å². The van der Waals surface area contributed by atoms with Crippen molar-refractivity contribution in [3.05, 3.63) is 95.3 Å². The number of nitrogens with zero attached hydrogens (tertiary/aromatic N) is 3. The third-order valence-corrected chi connectivity index (χ3v) is 6.17. The summed E-state index contributed by atoms with van der Waals surface area (Å²) < 4.78 is 13.4. The minimum absolute atomic E-state index is 0.0224. The average molecular weight is 446 g/mol. The van der Waals surface area contributed by atoms with Crippen LogP contribution in [0.5, 0.6) is 0 Å². The van der Waals surface area contributed by atoms with Crippen LogP contribution in [0.1, 0.15) is 10.4 Å². The quantitative estimate of drug-likeness (QED) is 0.408. The molecule has 5 rings (SSSR count). The number of halogens is 2. The summed E-state index contributed by atoms with van der Waals surface area (Å²) in [5.74, 6) is -0.326. The van der Waals surface area contributed by atoms with Gasteiger partial charge in [-0.25, -0.2) is 9.37 Å². The van der Waals surface area contributed by atoms with Crippen LogP contribution < -0.4 is 4.90 Å². The van der Waals surface area contributed by atoms with Crippen molar-refractivity contribution in [2.24, 2.45) is 0 Å². The number of amides is 1. The van der Waals surface area contributed by atoms with E-state index in [1.165, 1.54) is 12.1 Å². The molecule has 3 aromatic carbocycles. The number of piperazine rings is 1. The monoisotopic (exact) mass is 445 g/mol. The minimum Gasteiger partial charge on any atom is -0.367 e. The van der Waals surface area contributed by atoms with Gasteiger partial charge in [0.25, 0.3) is 5.91 Å². The fraction of sp³-hybridized carbons (Fsp3) is 0.154. The van der Waals surface area contributed by atoms with Gasteiger partial charge < -0.3 is 9.80 Å². The molecule has 1 amide bonds. The molecule has 0 N–H and O–H groups in total. The maximum absolute atomic E-state index is 13.6. The number of hydrogen-bond acceptors (Lipinski definition) is 3. The SMILES string of the molecule is O=C(c1cc(-c2ccc(F)cc2)nc2ccccc12)N1CCN(c2ccccc2Cl)CC1. The van der Waals surface area contributed by atoms with Crippen molar-refractivity contribution in [3.8, 4) is 11.3 Å². The first kappa shape index (κ1) is 20.5. The molecule has 0 spiro atoms. The van der Waals surface area contributed by atoms with Gasteiger partial charge in [0.1, 0.15) is 5.82 Å². The highest BCUT2D eigenvalue weighted by Gasteiger charge is 2.25. The maximum atomic E-state index is 13.6. The normalized spacial score (nSPS) is 14.1. The number of rotatable bonds is 3. The Morgan fingerprint density at radius 3 is 2.31 bits per heavy atom. The highest BCUT2D eigenvalue weighted by molar-refractivity contribution is 6.33. The van der Waals surface area contributed by atoms with Gasteiger partial charge in [-0.2, -0.15) is 0 Å². The molecule has 0 atom stereocenters. The zero-order valence-electron chi connectivity index (χ0n) is 17.3. The third kappa shape index (κ3) is 3.92. The highest BCUT2D eigenvalue weighted by Crippen LogP contribution is 2.28. The number of hydrogen-bond donors (Lipinski definition) is 0. The Balaban J connectivity index is 1.44. The molecule has 6 heteroatoms. The molecule has 160 valence electrons. The van der Waals surface area contributed by atoms with Crippen LogP contribution in [0, 0.1) is 5.82 Å². The number of pyridine rings is 1. The molecular weight excluding hydrogens is 425 g/mol. The van der Waals surface area contributed by atoms with E-state index >= 15 is 0 Å². The Bertz CT molecular complexity index is 1280. The molecule has 0 radical (unpaired) electrons. The first-order valence-electron chi connectivity index (χ1n) is 10.5. The highest BCUT2D eigenvalue weighted by atomic mass is 35.5. The van der Waals surface area contributed by atoms with E-state index in [1.807, 2.05) is 59.5 Å². The average Bonchev–Trinajstić information content (AvgIpc) is 2.84. The number of aromatic nitrogens is 1. The molecule has 1 aromatic heterocycles. The zero-order chi connectivity index (χ0) is 22.1. The van der Waals surface area contributed by atoms with E-state index in [9.17, 15) is 9.18 Å². The van der Waals surface area contributed by atoms with Crippen LogP contribution in [0.4, 0.5) is 10.1 Å². The van der Waals surface area contributed by atoms with E-state index in [1.54, 1.807) is 12.1 Å². The van der Waals surface area contributed by atoms with Gasteiger partial charge in [0.15, 0.2) is 0 Å².